The molecular weight excluding hydrogens is 398 g/mol. The maximum atomic E-state index is 6.03. The lowest BCUT2D eigenvalue weighted by Gasteiger charge is -2.10. The Hall–Kier alpha value is -1.73. The molecule has 0 aliphatic carbocycles. The average Bonchev–Trinajstić information content (AvgIpc) is 2.92. The average molecular weight is 409 g/mol. The van der Waals surface area contributed by atoms with Gasteiger partial charge in [-0.2, -0.15) is 4.68 Å². The first-order valence-corrected chi connectivity index (χ1v) is 7.75. The van der Waals surface area contributed by atoms with Crippen LogP contribution in [0, 0.1) is 6.92 Å². The highest BCUT2D eigenvalue weighted by Gasteiger charge is 2.15. The van der Waals surface area contributed by atoms with Crippen LogP contribution in [-0.2, 0) is 0 Å². The van der Waals surface area contributed by atoms with E-state index in [4.69, 9.17) is 5.73 Å². The molecule has 1 aromatic heterocycles. The van der Waals surface area contributed by atoms with Crippen molar-refractivity contribution in [2.24, 2.45) is 0 Å². The first-order chi connectivity index (χ1) is 10.1. The molecule has 1 heterocycles. The zero-order valence-corrected chi connectivity index (χ0v) is 14.3. The molecule has 2 aromatic carbocycles. The van der Waals surface area contributed by atoms with Crippen LogP contribution in [-0.4, -0.2) is 20.2 Å². The number of benzene rings is 2. The molecule has 0 saturated heterocycles. The van der Waals surface area contributed by atoms with Crippen molar-refractivity contribution in [1.29, 1.82) is 0 Å². The summed E-state index contributed by atoms with van der Waals surface area (Å²) in [5.74, 6) is 0.651. The zero-order chi connectivity index (χ0) is 15.0. The molecule has 7 heteroatoms. The first kappa shape index (κ1) is 14.2. The van der Waals surface area contributed by atoms with Crippen molar-refractivity contribution in [3.05, 3.63) is 50.9 Å². The zero-order valence-electron chi connectivity index (χ0n) is 11.1. The number of tetrazole rings is 1. The second-order valence-corrected chi connectivity index (χ2v) is 6.39. The number of nitrogens with zero attached hydrogens (tertiary/aromatic N) is 4. The van der Waals surface area contributed by atoms with E-state index in [2.05, 4.69) is 47.4 Å². The monoisotopic (exact) mass is 407 g/mol. The molecule has 0 bridgehead atoms. The van der Waals surface area contributed by atoms with Crippen molar-refractivity contribution in [3.8, 4) is 17.1 Å². The van der Waals surface area contributed by atoms with E-state index in [9.17, 15) is 0 Å². The van der Waals surface area contributed by atoms with Gasteiger partial charge in [0, 0.05) is 20.2 Å². The van der Waals surface area contributed by atoms with Crippen LogP contribution in [0.25, 0.3) is 17.1 Å². The highest BCUT2D eigenvalue weighted by molar-refractivity contribution is 9.10. The molecular formula is C14H11Br2N5. The summed E-state index contributed by atoms with van der Waals surface area (Å²) in [6.45, 7) is 1.96. The van der Waals surface area contributed by atoms with Gasteiger partial charge in [0.25, 0.3) is 0 Å². The maximum absolute atomic E-state index is 6.03. The lowest BCUT2D eigenvalue weighted by Crippen LogP contribution is -2.02. The van der Waals surface area contributed by atoms with Gasteiger partial charge in [-0.1, -0.05) is 37.9 Å². The summed E-state index contributed by atoms with van der Waals surface area (Å²) in [6.07, 6.45) is 0. The largest absolute Gasteiger partial charge is 0.398 e. The summed E-state index contributed by atoms with van der Waals surface area (Å²) in [5.41, 5.74) is 9.44. The van der Waals surface area contributed by atoms with Crippen molar-refractivity contribution in [3.63, 3.8) is 0 Å². The minimum atomic E-state index is 0.651. The molecule has 3 aromatic rings. The second-order valence-electron chi connectivity index (χ2n) is 4.56. The summed E-state index contributed by atoms with van der Waals surface area (Å²) < 4.78 is 3.55. The van der Waals surface area contributed by atoms with Gasteiger partial charge in [0.15, 0.2) is 5.82 Å². The quantitative estimate of drug-likeness (QED) is 0.655. The topological polar surface area (TPSA) is 69.6 Å². The van der Waals surface area contributed by atoms with Gasteiger partial charge in [-0.05, 0) is 53.2 Å². The number of hydrogen-bond donors (Lipinski definition) is 1. The molecule has 2 N–H and O–H groups in total. The third-order valence-corrected chi connectivity index (χ3v) is 4.13. The van der Waals surface area contributed by atoms with Crippen molar-refractivity contribution in [2.45, 2.75) is 6.92 Å². The summed E-state index contributed by atoms with van der Waals surface area (Å²) in [5, 5.41) is 12.0. The van der Waals surface area contributed by atoms with E-state index in [-0.39, 0.29) is 0 Å². The van der Waals surface area contributed by atoms with Crippen molar-refractivity contribution < 1.29 is 0 Å². The van der Waals surface area contributed by atoms with Gasteiger partial charge in [0.05, 0.1) is 5.69 Å². The number of halogens is 2. The highest BCUT2D eigenvalue weighted by atomic mass is 79.9. The number of hydrogen-bond acceptors (Lipinski definition) is 4. The summed E-state index contributed by atoms with van der Waals surface area (Å²) >= 11 is 6.92. The standard InChI is InChI=1S/C14H11Br2N5/c1-8-12(6-10(16)7-13(8)17)14-18-19-20-21(14)11-4-2-3-9(15)5-11/h2-7H,17H2,1H3. The van der Waals surface area contributed by atoms with Gasteiger partial charge in [0.1, 0.15) is 0 Å². The van der Waals surface area contributed by atoms with Gasteiger partial charge >= 0.3 is 0 Å². The number of rotatable bonds is 2. The SMILES string of the molecule is Cc1c(N)cc(Br)cc1-c1nnnn1-c1cccc(Br)c1. The molecule has 0 atom stereocenters. The normalized spacial score (nSPS) is 10.8. The number of anilines is 1. The van der Waals surface area contributed by atoms with Crippen LogP contribution in [0.4, 0.5) is 5.69 Å². The van der Waals surface area contributed by atoms with Crippen molar-refractivity contribution in [1.82, 2.24) is 20.2 Å². The lowest BCUT2D eigenvalue weighted by atomic mass is 10.1. The van der Waals surface area contributed by atoms with E-state index in [0.29, 0.717) is 11.5 Å². The maximum Gasteiger partial charge on any atom is 0.187 e. The Kier molecular flexibility index (Phi) is 3.77. The minimum absolute atomic E-state index is 0.651. The van der Waals surface area contributed by atoms with Gasteiger partial charge in [0.2, 0.25) is 0 Å². The molecule has 0 unspecified atom stereocenters. The van der Waals surface area contributed by atoms with Crippen LogP contribution in [0.1, 0.15) is 5.56 Å². The molecule has 5 nitrogen and oxygen atoms in total. The third kappa shape index (κ3) is 2.71. The van der Waals surface area contributed by atoms with Crippen LogP contribution in [0.15, 0.2) is 45.3 Å². The smallest absolute Gasteiger partial charge is 0.187 e. The Morgan fingerprint density at radius 2 is 1.90 bits per heavy atom. The van der Waals surface area contributed by atoms with Crippen LogP contribution < -0.4 is 5.73 Å². The molecule has 0 radical (unpaired) electrons. The van der Waals surface area contributed by atoms with Gasteiger partial charge in [-0.15, -0.1) is 5.10 Å². The molecule has 21 heavy (non-hydrogen) atoms. The van der Waals surface area contributed by atoms with E-state index in [1.165, 1.54) is 0 Å². The summed E-state index contributed by atoms with van der Waals surface area (Å²) in [7, 11) is 0. The van der Waals surface area contributed by atoms with E-state index in [1.807, 2.05) is 43.3 Å². The predicted molar refractivity (Wildman–Crippen MR) is 89.1 cm³/mol. The van der Waals surface area contributed by atoms with Gasteiger partial charge < -0.3 is 5.73 Å². The first-order valence-electron chi connectivity index (χ1n) is 6.16. The van der Waals surface area contributed by atoms with Gasteiger partial charge in [-0.25, -0.2) is 0 Å². The highest BCUT2D eigenvalue weighted by Crippen LogP contribution is 2.30. The minimum Gasteiger partial charge on any atom is -0.398 e. The molecule has 0 saturated carbocycles. The Morgan fingerprint density at radius 3 is 2.67 bits per heavy atom. The Morgan fingerprint density at radius 1 is 1.10 bits per heavy atom. The Bertz CT molecular complexity index is 813. The van der Waals surface area contributed by atoms with Crippen LogP contribution in [0.2, 0.25) is 0 Å². The fourth-order valence-electron chi connectivity index (χ4n) is 2.07. The van der Waals surface area contributed by atoms with Crippen LogP contribution in [0.5, 0.6) is 0 Å². The second kappa shape index (κ2) is 5.57. The Balaban J connectivity index is 2.20. The molecule has 3 rings (SSSR count). The third-order valence-electron chi connectivity index (χ3n) is 3.18. The van der Waals surface area contributed by atoms with E-state index in [1.54, 1.807) is 4.68 Å². The predicted octanol–water partition coefficient (Wildman–Crippen LogP) is 3.74. The van der Waals surface area contributed by atoms with E-state index in [0.717, 1.165) is 25.8 Å². The number of nitrogen functional groups attached to an aromatic ring is 1. The molecule has 0 amide bonds. The van der Waals surface area contributed by atoms with E-state index < -0.39 is 0 Å². The fraction of sp³-hybridized carbons (Fsp3) is 0.0714. The van der Waals surface area contributed by atoms with E-state index >= 15 is 0 Å². The molecule has 0 spiro atoms. The fourth-order valence-corrected chi connectivity index (χ4v) is 2.93. The number of aromatic nitrogens is 4. The molecule has 0 fully saturated rings. The number of nitrogens with two attached hydrogens (primary N) is 1. The molecule has 0 aliphatic heterocycles. The van der Waals surface area contributed by atoms with Gasteiger partial charge in [-0.3, -0.25) is 0 Å². The molecule has 106 valence electrons. The van der Waals surface area contributed by atoms with Crippen LogP contribution >= 0.6 is 31.9 Å². The van der Waals surface area contributed by atoms with Crippen molar-refractivity contribution >= 4 is 37.5 Å². The lowest BCUT2D eigenvalue weighted by molar-refractivity contribution is 0.791. The molecule has 0 aliphatic rings. The summed E-state index contributed by atoms with van der Waals surface area (Å²) in [4.78, 5) is 0. The summed E-state index contributed by atoms with van der Waals surface area (Å²) in [6, 6.07) is 11.6. The Labute approximate surface area is 138 Å². The van der Waals surface area contributed by atoms with Crippen molar-refractivity contribution in [2.75, 3.05) is 5.73 Å². The van der Waals surface area contributed by atoms with Crippen LogP contribution in [0.3, 0.4) is 0 Å².